The van der Waals surface area contributed by atoms with Gasteiger partial charge < -0.3 is 9.47 Å². The maximum atomic E-state index is 12.8. The molecule has 0 bridgehead atoms. The number of esters is 1. The number of ether oxygens (including phenoxy) is 2. The van der Waals surface area contributed by atoms with Crippen LogP contribution in [0.4, 0.5) is 10.1 Å². The summed E-state index contributed by atoms with van der Waals surface area (Å²) in [4.78, 5) is 11.2. The maximum absolute atomic E-state index is 12.8. The highest BCUT2D eigenvalue weighted by atomic mass is 32.2. The Kier molecular flexibility index (Phi) is 5.75. The third kappa shape index (κ3) is 4.95. The first-order valence-corrected chi connectivity index (χ1v) is 8.56. The molecule has 0 radical (unpaired) electrons. The molecule has 8 heteroatoms. The SMILES string of the molecule is CCOC(=O)COc1ccc(S(=O)(=O)Nc2ccc(F)cc2)cc1. The van der Waals surface area contributed by atoms with E-state index in [0.29, 0.717) is 5.75 Å². The van der Waals surface area contributed by atoms with Crippen molar-refractivity contribution in [3.05, 3.63) is 54.3 Å². The Morgan fingerprint density at radius 3 is 2.29 bits per heavy atom. The van der Waals surface area contributed by atoms with E-state index in [1.54, 1.807) is 6.92 Å². The van der Waals surface area contributed by atoms with E-state index in [1.165, 1.54) is 36.4 Å². The van der Waals surface area contributed by atoms with Crippen LogP contribution in [-0.2, 0) is 19.6 Å². The molecule has 2 rings (SSSR count). The van der Waals surface area contributed by atoms with E-state index in [1.807, 2.05) is 0 Å². The van der Waals surface area contributed by atoms with Crippen molar-refractivity contribution >= 4 is 21.7 Å². The van der Waals surface area contributed by atoms with Gasteiger partial charge >= 0.3 is 5.97 Å². The number of sulfonamides is 1. The summed E-state index contributed by atoms with van der Waals surface area (Å²) < 4.78 is 49.5. The zero-order chi connectivity index (χ0) is 17.6. The summed E-state index contributed by atoms with van der Waals surface area (Å²) in [7, 11) is -3.80. The lowest BCUT2D eigenvalue weighted by Gasteiger charge is -2.09. The lowest BCUT2D eigenvalue weighted by molar-refractivity contribution is -0.145. The standard InChI is InChI=1S/C16H16FNO5S/c1-2-22-16(19)11-23-14-7-9-15(10-8-14)24(20,21)18-13-5-3-12(17)4-6-13/h3-10,18H,2,11H2,1H3. The second-order valence-electron chi connectivity index (χ2n) is 4.68. The molecule has 2 aromatic rings. The third-order valence-corrected chi connectivity index (χ3v) is 4.29. The Morgan fingerprint density at radius 1 is 1.08 bits per heavy atom. The largest absolute Gasteiger partial charge is 0.482 e. The van der Waals surface area contributed by atoms with Gasteiger partial charge in [-0.2, -0.15) is 0 Å². The van der Waals surface area contributed by atoms with Crippen LogP contribution >= 0.6 is 0 Å². The molecule has 0 unspecified atom stereocenters. The van der Waals surface area contributed by atoms with Crippen molar-refractivity contribution in [3.8, 4) is 5.75 Å². The highest BCUT2D eigenvalue weighted by Gasteiger charge is 2.14. The van der Waals surface area contributed by atoms with E-state index < -0.39 is 21.8 Å². The minimum absolute atomic E-state index is 0.00955. The van der Waals surface area contributed by atoms with Gasteiger partial charge in [0.1, 0.15) is 11.6 Å². The van der Waals surface area contributed by atoms with Crippen LogP contribution in [0.2, 0.25) is 0 Å². The van der Waals surface area contributed by atoms with Crippen LogP contribution in [0.15, 0.2) is 53.4 Å². The van der Waals surface area contributed by atoms with E-state index in [4.69, 9.17) is 9.47 Å². The molecule has 2 aromatic carbocycles. The highest BCUT2D eigenvalue weighted by molar-refractivity contribution is 7.92. The van der Waals surface area contributed by atoms with Crippen LogP contribution in [0.1, 0.15) is 6.92 Å². The first-order valence-electron chi connectivity index (χ1n) is 7.07. The first-order chi connectivity index (χ1) is 11.4. The smallest absolute Gasteiger partial charge is 0.344 e. The van der Waals surface area contributed by atoms with E-state index in [2.05, 4.69) is 4.72 Å². The van der Waals surface area contributed by atoms with Gasteiger partial charge in [-0.15, -0.1) is 0 Å². The van der Waals surface area contributed by atoms with Crippen LogP contribution in [0, 0.1) is 5.82 Å². The molecule has 0 saturated heterocycles. The zero-order valence-electron chi connectivity index (χ0n) is 12.9. The lowest BCUT2D eigenvalue weighted by atomic mass is 10.3. The van der Waals surface area contributed by atoms with Crippen molar-refractivity contribution < 1.29 is 27.1 Å². The molecule has 0 aromatic heterocycles. The molecule has 0 saturated carbocycles. The minimum atomic E-state index is -3.80. The van der Waals surface area contributed by atoms with Gasteiger partial charge in [0.15, 0.2) is 6.61 Å². The monoisotopic (exact) mass is 353 g/mol. The van der Waals surface area contributed by atoms with Crippen LogP contribution in [-0.4, -0.2) is 27.6 Å². The maximum Gasteiger partial charge on any atom is 0.344 e. The molecular weight excluding hydrogens is 337 g/mol. The average molecular weight is 353 g/mol. The molecule has 0 aliphatic carbocycles. The number of nitrogens with one attached hydrogen (secondary N) is 1. The first kappa shape index (κ1) is 17.7. The molecule has 0 amide bonds. The lowest BCUT2D eigenvalue weighted by Crippen LogP contribution is -2.15. The van der Waals surface area contributed by atoms with Crippen LogP contribution < -0.4 is 9.46 Å². The van der Waals surface area contributed by atoms with E-state index in [0.717, 1.165) is 12.1 Å². The van der Waals surface area contributed by atoms with Gasteiger partial charge in [0.25, 0.3) is 10.0 Å². The number of halogens is 1. The van der Waals surface area contributed by atoms with Crippen LogP contribution in [0.25, 0.3) is 0 Å². The molecule has 0 spiro atoms. The van der Waals surface area contributed by atoms with Gasteiger partial charge in [-0.1, -0.05) is 0 Å². The number of benzene rings is 2. The summed E-state index contributed by atoms with van der Waals surface area (Å²) in [5.41, 5.74) is 0.249. The fraction of sp³-hybridized carbons (Fsp3) is 0.188. The van der Waals surface area contributed by atoms with Gasteiger partial charge in [0, 0.05) is 5.69 Å². The molecule has 0 heterocycles. The molecule has 6 nitrogen and oxygen atoms in total. The second-order valence-corrected chi connectivity index (χ2v) is 6.36. The Bertz CT molecular complexity index is 788. The van der Waals surface area contributed by atoms with Gasteiger partial charge in [-0.25, -0.2) is 17.6 Å². The normalized spacial score (nSPS) is 10.9. The Balaban J connectivity index is 2.03. The van der Waals surface area contributed by atoms with Gasteiger partial charge in [-0.3, -0.25) is 4.72 Å². The molecule has 128 valence electrons. The third-order valence-electron chi connectivity index (χ3n) is 2.89. The van der Waals surface area contributed by atoms with Crippen molar-refractivity contribution in [2.75, 3.05) is 17.9 Å². The topological polar surface area (TPSA) is 81.7 Å². The van der Waals surface area contributed by atoms with Crippen LogP contribution in [0.3, 0.4) is 0 Å². The number of rotatable bonds is 7. The van der Waals surface area contributed by atoms with Crippen LogP contribution in [0.5, 0.6) is 5.75 Å². The zero-order valence-corrected chi connectivity index (χ0v) is 13.7. The molecule has 1 N–H and O–H groups in total. The van der Waals surface area contributed by atoms with Gasteiger partial charge in [0.2, 0.25) is 0 Å². The van der Waals surface area contributed by atoms with E-state index >= 15 is 0 Å². The molecule has 0 fully saturated rings. The van der Waals surface area contributed by atoms with Crippen molar-refractivity contribution in [3.63, 3.8) is 0 Å². The predicted molar refractivity (Wildman–Crippen MR) is 85.8 cm³/mol. The number of carbonyl (C=O) groups is 1. The number of hydrogen-bond donors (Lipinski definition) is 1. The van der Waals surface area contributed by atoms with Gasteiger partial charge in [-0.05, 0) is 55.5 Å². The minimum Gasteiger partial charge on any atom is -0.482 e. The molecular formula is C16H16FNO5S. The fourth-order valence-corrected chi connectivity index (χ4v) is 2.85. The van der Waals surface area contributed by atoms with E-state index in [-0.39, 0.29) is 23.8 Å². The predicted octanol–water partition coefficient (Wildman–Crippen LogP) is 2.57. The molecule has 24 heavy (non-hydrogen) atoms. The molecule has 0 aliphatic heterocycles. The number of anilines is 1. The Labute approximate surface area is 139 Å². The number of carbonyl (C=O) groups excluding carboxylic acids is 1. The van der Waals surface area contributed by atoms with Gasteiger partial charge in [0.05, 0.1) is 11.5 Å². The van der Waals surface area contributed by atoms with Crippen molar-refractivity contribution in [2.45, 2.75) is 11.8 Å². The summed E-state index contributed by atoms with van der Waals surface area (Å²) in [6, 6.07) is 10.5. The summed E-state index contributed by atoms with van der Waals surface area (Å²) in [5.74, 6) is -0.628. The van der Waals surface area contributed by atoms with Crippen molar-refractivity contribution in [1.82, 2.24) is 0 Å². The molecule has 0 atom stereocenters. The molecule has 0 aliphatic rings. The summed E-state index contributed by atoms with van der Waals surface area (Å²) >= 11 is 0. The highest BCUT2D eigenvalue weighted by Crippen LogP contribution is 2.19. The quantitative estimate of drug-likeness (QED) is 0.774. The summed E-state index contributed by atoms with van der Waals surface area (Å²) in [6.45, 7) is 1.69. The second kappa shape index (κ2) is 7.78. The Hall–Kier alpha value is -2.61. The summed E-state index contributed by atoms with van der Waals surface area (Å²) in [5, 5.41) is 0. The fourth-order valence-electron chi connectivity index (χ4n) is 1.79. The Morgan fingerprint density at radius 2 is 1.71 bits per heavy atom. The van der Waals surface area contributed by atoms with Crippen molar-refractivity contribution in [1.29, 1.82) is 0 Å². The number of hydrogen-bond acceptors (Lipinski definition) is 5. The van der Waals surface area contributed by atoms with Crippen molar-refractivity contribution in [2.24, 2.45) is 0 Å². The van der Waals surface area contributed by atoms with E-state index in [9.17, 15) is 17.6 Å². The average Bonchev–Trinajstić information content (AvgIpc) is 2.56. The summed E-state index contributed by atoms with van der Waals surface area (Å²) in [6.07, 6.45) is 0.